The van der Waals surface area contributed by atoms with Gasteiger partial charge >= 0.3 is 0 Å². The van der Waals surface area contributed by atoms with E-state index in [0.29, 0.717) is 0 Å². The SMILES string of the molecule is c1cc(-c2nc3ccccc3nc2-n2c3ccc(-n4c5ccccc5c5ccccc54)cc3c3c4ccccc4ccc32)cc(-c2cccc3ccccc23)c1. The molecule has 0 saturated heterocycles. The van der Waals surface area contributed by atoms with Crippen molar-refractivity contribution >= 4 is 76.2 Å². The molecule has 0 saturated carbocycles. The molecule has 0 radical (unpaired) electrons. The van der Waals surface area contributed by atoms with Gasteiger partial charge in [0.2, 0.25) is 0 Å². The Kier molecular flexibility index (Phi) is 6.60. The standard InChI is InChI=1S/C52H32N4/c1-3-18-38-33(13-1)15-12-22-39(38)35-16-11-17-36(31-35)51-52(54-45-24-8-7-23-44(45)53-51)56-48-30-28-37(32-43(48)50-40-19-4-2-14-34(40)27-29-49(50)56)55-46-25-9-5-20-41(46)42-21-6-10-26-47(42)55/h1-32H. The van der Waals surface area contributed by atoms with Crippen LogP contribution in [0.15, 0.2) is 194 Å². The highest BCUT2D eigenvalue weighted by molar-refractivity contribution is 6.22. The molecule has 260 valence electrons. The molecule has 3 heterocycles. The molecule has 0 aliphatic rings. The summed E-state index contributed by atoms with van der Waals surface area (Å²) in [4.78, 5) is 10.9. The van der Waals surface area contributed by atoms with Crippen molar-refractivity contribution in [2.24, 2.45) is 0 Å². The normalized spacial score (nSPS) is 11.9. The van der Waals surface area contributed by atoms with E-state index in [4.69, 9.17) is 9.97 Å². The Morgan fingerprint density at radius 1 is 0.339 bits per heavy atom. The third-order valence-electron chi connectivity index (χ3n) is 11.5. The summed E-state index contributed by atoms with van der Waals surface area (Å²) < 4.78 is 4.74. The molecular formula is C52H32N4. The average molecular weight is 713 g/mol. The summed E-state index contributed by atoms with van der Waals surface area (Å²) in [5.74, 6) is 0.804. The van der Waals surface area contributed by atoms with Crippen LogP contribution in [0, 0.1) is 0 Å². The molecule has 0 amide bonds. The van der Waals surface area contributed by atoms with Crippen molar-refractivity contribution in [2.75, 3.05) is 0 Å². The van der Waals surface area contributed by atoms with E-state index in [0.717, 1.165) is 50.4 Å². The molecule has 4 nitrogen and oxygen atoms in total. The van der Waals surface area contributed by atoms with Crippen LogP contribution in [0.2, 0.25) is 0 Å². The second-order valence-electron chi connectivity index (χ2n) is 14.6. The van der Waals surface area contributed by atoms with Gasteiger partial charge in [0.05, 0.1) is 33.1 Å². The van der Waals surface area contributed by atoms with Crippen LogP contribution in [-0.4, -0.2) is 19.1 Å². The van der Waals surface area contributed by atoms with Crippen LogP contribution in [-0.2, 0) is 0 Å². The predicted octanol–water partition coefficient (Wildman–Crippen LogP) is 13.5. The first kappa shape index (κ1) is 30.9. The van der Waals surface area contributed by atoms with E-state index in [-0.39, 0.29) is 0 Å². The lowest BCUT2D eigenvalue weighted by atomic mass is 9.96. The zero-order valence-electron chi connectivity index (χ0n) is 30.3. The molecule has 0 aliphatic carbocycles. The highest BCUT2D eigenvalue weighted by Gasteiger charge is 2.22. The van der Waals surface area contributed by atoms with Gasteiger partial charge in [0.25, 0.3) is 0 Å². The maximum Gasteiger partial charge on any atom is 0.165 e. The highest BCUT2D eigenvalue weighted by Crippen LogP contribution is 2.42. The van der Waals surface area contributed by atoms with Crippen LogP contribution in [0.25, 0.3) is 110 Å². The van der Waals surface area contributed by atoms with Gasteiger partial charge in [-0.3, -0.25) is 4.57 Å². The second-order valence-corrected chi connectivity index (χ2v) is 14.6. The van der Waals surface area contributed by atoms with Gasteiger partial charge in [-0.15, -0.1) is 0 Å². The zero-order chi connectivity index (χ0) is 36.7. The molecule has 0 fully saturated rings. The van der Waals surface area contributed by atoms with Crippen molar-refractivity contribution in [3.8, 4) is 33.9 Å². The summed E-state index contributed by atoms with van der Waals surface area (Å²) in [6.07, 6.45) is 0. The van der Waals surface area contributed by atoms with Gasteiger partial charge in [0.15, 0.2) is 5.82 Å². The van der Waals surface area contributed by atoms with Gasteiger partial charge in [-0.25, -0.2) is 9.97 Å². The molecule has 4 heteroatoms. The molecular weight excluding hydrogens is 681 g/mol. The molecule has 3 aromatic heterocycles. The topological polar surface area (TPSA) is 35.6 Å². The molecule has 0 aliphatic heterocycles. The van der Waals surface area contributed by atoms with E-state index in [9.17, 15) is 0 Å². The fourth-order valence-corrected chi connectivity index (χ4v) is 9.00. The number of para-hydroxylation sites is 4. The summed E-state index contributed by atoms with van der Waals surface area (Å²) in [6.45, 7) is 0. The van der Waals surface area contributed by atoms with E-state index in [1.165, 1.54) is 59.7 Å². The molecule has 12 rings (SSSR count). The van der Waals surface area contributed by atoms with Crippen LogP contribution in [0.1, 0.15) is 0 Å². The van der Waals surface area contributed by atoms with Crippen molar-refractivity contribution < 1.29 is 0 Å². The fraction of sp³-hybridized carbons (Fsp3) is 0. The summed E-state index contributed by atoms with van der Waals surface area (Å²) in [6, 6.07) is 69.6. The summed E-state index contributed by atoms with van der Waals surface area (Å²) in [7, 11) is 0. The van der Waals surface area contributed by atoms with E-state index in [1.807, 2.05) is 12.1 Å². The molecule has 0 bridgehead atoms. The van der Waals surface area contributed by atoms with Gasteiger partial charge < -0.3 is 4.57 Å². The third-order valence-corrected chi connectivity index (χ3v) is 11.5. The molecule has 0 spiro atoms. The number of hydrogen-bond acceptors (Lipinski definition) is 2. The third kappa shape index (κ3) is 4.53. The minimum Gasteiger partial charge on any atom is -0.309 e. The first-order valence-electron chi connectivity index (χ1n) is 19.1. The van der Waals surface area contributed by atoms with Crippen molar-refractivity contribution in [3.63, 3.8) is 0 Å². The first-order chi connectivity index (χ1) is 27.8. The summed E-state index contributed by atoms with van der Waals surface area (Å²) in [5, 5.41) is 9.73. The largest absolute Gasteiger partial charge is 0.309 e. The smallest absolute Gasteiger partial charge is 0.165 e. The van der Waals surface area contributed by atoms with E-state index in [2.05, 4.69) is 191 Å². The Labute approximate surface area is 322 Å². The van der Waals surface area contributed by atoms with Gasteiger partial charge in [0, 0.05) is 32.8 Å². The van der Waals surface area contributed by atoms with Gasteiger partial charge in [-0.1, -0.05) is 140 Å². The minimum absolute atomic E-state index is 0.804. The van der Waals surface area contributed by atoms with E-state index < -0.39 is 0 Å². The number of fused-ring (bicyclic) bond motifs is 10. The van der Waals surface area contributed by atoms with Crippen LogP contribution in [0.4, 0.5) is 0 Å². The Morgan fingerprint density at radius 3 is 1.70 bits per heavy atom. The number of hydrogen-bond donors (Lipinski definition) is 0. The van der Waals surface area contributed by atoms with Crippen LogP contribution in [0.5, 0.6) is 0 Å². The zero-order valence-corrected chi connectivity index (χ0v) is 30.3. The Morgan fingerprint density at radius 2 is 0.911 bits per heavy atom. The quantitative estimate of drug-likeness (QED) is 0.182. The summed E-state index contributed by atoms with van der Waals surface area (Å²) in [5.41, 5.74) is 11.6. The molecule has 0 N–H and O–H groups in total. The molecule has 56 heavy (non-hydrogen) atoms. The Hall–Kier alpha value is -7.56. The monoisotopic (exact) mass is 712 g/mol. The Bertz CT molecular complexity index is 3490. The van der Waals surface area contributed by atoms with Crippen LogP contribution in [0.3, 0.4) is 0 Å². The van der Waals surface area contributed by atoms with Crippen molar-refractivity contribution in [1.82, 2.24) is 19.1 Å². The Balaban J connectivity index is 1.16. The minimum atomic E-state index is 0.804. The lowest BCUT2D eigenvalue weighted by molar-refractivity contribution is 1.08. The van der Waals surface area contributed by atoms with Crippen molar-refractivity contribution in [3.05, 3.63) is 194 Å². The summed E-state index contributed by atoms with van der Waals surface area (Å²) >= 11 is 0. The molecule has 0 unspecified atom stereocenters. The number of benzene rings is 9. The number of nitrogens with zero attached hydrogens (tertiary/aromatic N) is 4. The maximum absolute atomic E-state index is 5.48. The van der Waals surface area contributed by atoms with Crippen molar-refractivity contribution in [2.45, 2.75) is 0 Å². The van der Waals surface area contributed by atoms with Gasteiger partial charge in [-0.2, -0.15) is 0 Å². The second kappa shape index (κ2) is 12.0. The fourth-order valence-electron chi connectivity index (χ4n) is 9.00. The van der Waals surface area contributed by atoms with Gasteiger partial charge in [-0.05, 0) is 87.3 Å². The van der Waals surface area contributed by atoms with Crippen LogP contribution >= 0.6 is 0 Å². The number of aromatic nitrogens is 4. The van der Waals surface area contributed by atoms with Crippen LogP contribution < -0.4 is 0 Å². The number of rotatable bonds is 4. The molecule has 12 aromatic rings. The predicted molar refractivity (Wildman–Crippen MR) is 234 cm³/mol. The molecule has 9 aromatic carbocycles. The highest BCUT2D eigenvalue weighted by atomic mass is 15.1. The average Bonchev–Trinajstić information content (AvgIpc) is 3.78. The maximum atomic E-state index is 5.48. The molecule has 0 atom stereocenters. The van der Waals surface area contributed by atoms with Gasteiger partial charge in [0.1, 0.15) is 5.69 Å². The van der Waals surface area contributed by atoms with E-state index in [1.54, 1.807) is 0 Å². The lowest BCUT2D eigenvalue weighted by Crippen LogP contribution is -2.04. The lowest BCUT2D eigenvalue weighted by Gasteiger charge is -2.15. The van der Waals surface area contributed by atoms with Crippen molar-refractivity contribution in [1.29, 1.82) is 0 Å². The first-order valence-corrected chi connectivity index (χ1v) is 19.1. The van der Waals surface area contributed by atoms with E-state index >= 15 is 0 Å².